The normalized spacial score (nSPS) is 15.3. The van der Waals surface area contributed by atoms with Gasteiger partial charge in [-0.05, 0) is 56.7 Å². The largest absolute Gasteiger partial charge is 0.346 e. The smallest absolute Gasteiger partial charge is 0.173 e. The minimum atomic E-state index is -0.0169. The molecule has 170 valence electrons. The molecule has 0 radical (unpaired) electrons. The third-order valence-electron chi connectivity index (χ3n) is 6.67. The van der Waals surface area contributed by atoms with Gasteiger partial charge in [-0.15, -0.1) is 0 Å². The van der Waals surface area contributed by atoms with Crippen LogP contribution in [-0.2, 0) is 6.42 Å². The average molecular weight is 452 g/mol. The number of benzene rings is 1. The van der Waals surface area contributed by atoms with E-state index >= 15 is 0 Å². The number of H-pyrrole nitrogens is 1. The van der Waals surface area contributed by atoms with Gasteiger partial charge in [-0.1, -0.05) is 12.1 Å². The summed E-state index contributed by atoms with van der Waals surface area (Å²) in [4.78, 5) is 32.0. The fourth-order valence-corrected chi connectivity index (χ4v) is 4.61. The maximum Gasteiger partial charge on any atom is 0.173 e. The van der Waals surface area contributed by atoms with Crippen LogP contribution in [0.15, 0.2) is 61.3 Å². The van der Waals surface area contributed by atoms with Crippen molar-refractivity contribution in [2.24, 2.45) is 0 Å². The number of hydrogen-bond acceptors (Lipinski definition) is 6. The van der Waals surface area contributed by atoms with E-state index in [0.717, 1.165) is 59.0 Å². The topological polar surface area (TPSA) is 92.6 Å². The molecule has 8 heteroatoms. The molecule has 34 heavy (non-hydrogen) atoms. The van der Waals surface area contributed by atoms with Crippen LogP contribution >= 0.6 is 0 Å². The number of fused-ring (bicyclic) bond motifs is 2. The molecule has 4 aromatic heterocycles. The second-order valence-electron chi connectivity index (χ2n) is 9.04. The molecule has 1 N–H and O–H groups in total. The molecule has 0 spiro atoms. The van der Waals surface area contributed by atoms with Gasteiger partial charge in [0.05, 0.1) is 29.7 Å². The minimum absolute atomic E-state index is 0.0169. The van der Waals surface area contributed by atoms with Gasteiger partial charge in [0.15, 0.2) is 5.78 Å². The number of likely N-dealkylation sites (tertiary alicyclic amines) is 1. The molecule has 1 aliphatic heterocycles. The lowest BCUT2D eigenvalue weighted by atomic mass is 10.0. The van der Waals surface area contributed by atoms with E-state index in [0.29, 0.717) is 17.4 Å². The molecular weight excluding hydrogens is 426 g/mol. The summed E-state index contributed by atoms with van der Waals surface area (Å²) in [6, 6.07) is 10.5. The standard InChI is InChI=1S/C26H25N7O/c1-32-8-5-22(6-9-32)33-16-21(15-30-33)24(34)12-25-28-13-19-3-2-17(11-23(19)31-25)20-10-18-4-7-27-26(18)29-14-20/h2-4,7,10-11,13-16,22H,5-6,8-9,12H2,1H3,(H,27,29). The van der Waals surface area contributed by atoms with Gasteiger partial charge in [-0.25, -0.2) is 15.0 Å². The number of ketones is 1. The highest BCUT2D eigenvalue weighted by molar-refractivity contribution is 5.97. The van der Waals surface area contributed by atoms with Crippen LogP contribution in [-0.4, -0.2) is 60.5 Å². The first-order valence-corrected chi connectivity index (χ1v) is 11.6. The molecule has 0 atom stereocenters. The van der Waals surface area contributed by atoms with E-state index in [1.807, 2.05) is 47.5 Å². The summed E-state index contributed by atoms with van der Waals surface area (Å²) in [6.45, 7) is 2.10. The minimum Gasteiger partial charge on any atom is -0.346 e. The quantitative estimate of drug-likeness (QED) is 0.405. The molecule has 0 bridgehead atoms. The Kier molecular flexibility index (Phi) is 5.15. The molecule has 1 aromatic carbocycles. The van der Waals surface area contributed by atoms with Crippen molar-refractivity contribution in [2.45, 2.75) is 25.3 Å². The first-order valence-electron chi connectivity index (χ1n) is 11.6. The third kappa shape index (κ3) is 3.97. The van der Waals surface area contributed by atoms with Crippen molar-refractivity contribution in [3.05, 3.63) is 72.7 Å². The molecule has 1 aliphatic rings. The van der Waals surface area contributed by atoms with E-state index in [4.69, 9.17) is 4.98 Å². The van der Waals surface area contributed by atoms with Gasteiger partial charge >= 0.3 is 0 Å². The molecule has 0 aliphatic carbocycles. The van der Waals surface area contributed by atoms with E-state index < -0.39 is 0 Å². The van der Waals surface area contributed by atoms with Gasteiger partial charge < -0.3 is 9.88 Å². The number of rotatable bonds is 5. The zero-order valence-corrected chi connectivity index (χ0v) is 19.0. The molecule has 0 unspecified atom stereocenters. The number of carbonyl (C=O) groups is 1. The van der Waals surface area contributed by atoms with Crippen molar-refractivity contribution in [1.82, 2.24) is 34.6 Å². The zero-order chi connectivity index (χ0) is 23.1. The summed E-state index contributed by atoms with van der Waals surface area (Å²) < 4.78 is 1.95. The predicted molar refractivity (Wildman–Crippen MR) is 131 cm³/mol. The predicted octanol–water partition coefficient (Wildman–Crippen LogP) is 4.06. The van der Waals surface area contributed by atoms with Crippen LogP contribution in [0.3, 0.4) is 0 Å². The molecule has 1 saturated heterocycles. The highest BCUT2D eigenvalue weighted by Crippen LogP contribution is 2.26. The van der Waals surface area contributed by atoms with E-state index in [-0.39, 0.29) is 12.2 Å². The zero-order valence-electron chi connectivity index (χ0n) is 19.0. The van der Waals surface area contributed by atoms with Crippen molar-refractivity contribution >= 4 is 27.7 Å². The SMILES string of the molecule is CN1CCC(n2cc(C(=O)Cc3ncc4ccc(-c5cnc6[nH]ccc6c5)cc4n3)cn2)CC1. The van der Waals surface area contributed by atoms with Crippen LogP contribution in [0.4, 0.5) is 0 Å². The van der Waals surface area contributed by atoms with Gasteiger partial charge in [0.1, 0.15) is 11.5 Å². The Morgan fingerprint density at radius 3 is 2.79 bits per heavy atom. The van der Waals surface area contributed by atoms with Crippen LogP contribution in [0, 0.1) is 0 Å². The number of Topliss-reactive ketones (excluding diaryl/α,β-unsaturated/α-hetero) is 1. The molecule has 6 rings (SSSR count). The Morgan fingerprint density at radius 1 is 1.03 bits per heavy atom. The second kappa shape index (κ2) is 8.46. The summed E-state index contributed by atoms with van der Waals surface area (Å²) in [5, 5.41) is 6.47. The van der Waals surface area contributed by atoms with Gasteiger partial charge in [0, 0.05) is 41.1 Å². The summed E-state index contributed by atoms with van der Waals surface area (Å²) in [6.07, 6.45) is 11.3. The lowest BCUT2D eigenvalue weighted by Gasteiger charge is -2.28. The van der Waals surface area contributed by atoms with Crippen molar-refractivity contribution < 1.29 is 4.79 Å². The van der Waals surface area contributed by atoms with Gasteiger partial charge in [-0.3, -0.25) is 9.48 Å². The van der Waals surface area contributed by atoms with Crippen LogP contribution in [0.25, 0.3) is 33.1 Å². The number of nitrogens with zero attached hydrogens (tertiary/aromatic N) is 6. The number of carbonyl (C=O) groups excluding carboxylic acids is 1. The molecule has 8 nitrogen and oxygen atoms in total. The number of piperidine rings is 1. The molecule has 1 fully saturated rings. The Morgan fingerprint density at radius 2 is 1.91 bits per heavy atom. The van der Waals surface area contributed by atoms with Gasteiger partial charge in [-0.2, -0.15) is 5.10 Å². The maximum absolute atomic E-state index is 12.9. The maximum atomic E-state index is 12.9. The van der Waals surface area contributed by atoms with E-state index in [1.165, 1.54) is 0 Å². The lowest BCUT2D eigenvalue weighted by Crippen LogP contribution is -2.31. The lowest BCUT2D eigenvalue weighted by molar-refractivity contribution is 0.0990. The summed E-state index contributed by atoms with van der Waals surface area (Å²) in [5.74, 6) is 0.498. The van der Waals surface area contributed by atoms with Crippen LogP contribution in [0.1, 0.15) is 35.1 Å². The number of pyridine rings is 1. The average Bonchev–Trinajstić information content (AvgIpc) is 3.54. The Labute approximate surface area is 196 Å². The fraction of sp³-hybridized carbons (Fsp3) is 0.269. The van der Waals surface area contributed by atoms with E-state index in [1.54, 1.807) is 12.4 Å². The summed E-state index contributed by atoms with van der Waals surface area (Å²) in [5.41, 5.74) is 4.34. The third-order valence-corrected chi connectivity index (χ3v) is 6.67. The molecule has 5 aromatic rings. The van der Waals surface area contributed by atoms with Gasteiger partial charge in [0.25, 0.3) is 0 Å². The fourth-order valence-electron chi connectivity index (χ4n) is 4.61. The van der Waals surface area contributed by atoms with Crippen molar-refractivity contribution in [3.63, 3.8) is 0 Å². The number of hydrogen-bond donors (Lipinski definition) is 1. The molecule has 5 heterocycles. The van der Waals surface area contributed by atoms with Crippen LogP contribution in [0.2, 0.25) is 0 Å². The molecule has 0 saturated carbocycles. The van der Waals surface area contributed by atoms with Crippen molar-refractivity contribution in [3.8, 4) is 11.1 Å². The van der Waals surface area contributed by atoms with Gasteiger partial charge in [0.2, 0.25) is 0 Å². The summed E-state index contributed by atoms with van der Waals surface area (Å²) in [7, 11) is 2.14. The number of nitrogens with one attached hydrogen (secondary N) is 1. The summed E-state index contributed by atoms with van der Waals surface area (Å²) >= 11 is 0. The van der Waals surface area contributed by atoms with Crippen LogP contribution in [0.5, 0.6) is 0 Å². The monoisotopic (exact) mass is 451 g/mol. The number of aromatic amines is 1. The highest BCUT2D eigenvalue weighted by Gasteiger charge is 2.20. The second-order valence-corrected chi connectivity index (χ2v) is 9.04. The molecule has 0 amide bonds. The number of aromatic nitrogens is 6. The van der Waals surface area contributed by atoms with Crippen molar-refractivity contribution in [1.29, 1.82) is 0 Å². The van der Waals surface area contributed by atoms with E-state index in [2.05, 4.69) is 38.1 Å². The molecular formula is C26H25N7O. The van der Waals surface area contributed by atoms with Crippen LogP contribution < -0.4 is 0 Å². The Hall–Kier alpha value is -3.91. The first kappa shape index (κ1) is 20.7. The Bertz CT molecular complexity index is 1490. The van der Waals surface area contributed by atoms with E-state index in [9.17, 15) is 4.79 Å². The Balaban J connectivity index is 1.22. The highest BCUT2D eigenvalue weighted by atomic mass is 16.1. The van der Waals surface area contributed by atoms with Crippen molar-refractivity contribution in [2.75, 3.05) is 20.1 Å². The first-order chi connectivity index (χ1) is 16.6.